The van der Waals surface area contributed by atoms with Crippen LogP contribution in [0.25, 0.3) is 0 Å². The fourth-order valence-electron chi connectivity index (χ4n) is 0.755. The van der Waals surface area contributed by atoms with Crippen molar-refractivity contribution in [3.05, 3.63) is 21.9 Å². The van der Waals surface area contributed by atoms with E-state index in [0.717, 1.165) is 3.57 Å². The number of ether oxygens (including phenoxy) is 1. The highest BCUT2D eigenvalue weighted by molar-refractivity contribution is 14.1. The van der Waals surface area contributed by atoms with Gasteiger partial charge in [-0.2, -0.15) is 0 Å². The Morgan fingerprint density at radius 1 is 1.46 bits per heavy atom. The van der Waals surface area contributed by atoms with Crippen LogP contribution in [0.2, 0.25) is 0 Å². The zero-order valence-electron chi connectivity index (χ0n) is 8.17. The molecule has 0 radical (unpaired) electrons. The van der Waals surface area contributed by atoms with Gasteiger partial charge in [-0.15, -0.1) is 0 Å². The summed E-state index contributed by atoms with van der Waals surface area (Å²) in [5.74, 6) is 0.710. The first kappa shape index (κ1) is 10.8. The first-order valence-electron chi connectivity index (χ1n) is 4.22. The maximum Gasteiger partial charge on any atom is 0.214 e. The summed E-state index contributed by atoms with van der Waals surface area (Å²) in [6, 6.07) is 3.89. The predicted molar refractivity (Wildman–Crippen MR) is 61.9 cm³/mol. The molecule has 1 aromatic rings. The molecule has 72 valence electrons. The molecule has 1 rings (SSSR count). The Bertz CT molecular complexity index is 280. The Labute approximate surface area is 92.9 Å². The number of rotatable bonds is 2. The van der Waals surface area contributed by atoms with E-state index in [4.69, 9.17) is 4.74 Å². The zero-order valence-corrected chi connectivity index (χ0v) is 10.3. The number of nitrogens with zero attached hydrogens (tertiary/aromatic N) is 1. The fourth-order valence-corrected chi connectivity index (χ4v) is 1.18. The summed E-state index contributed by atoms with van der Waals surface area (Å²) in [6.45, 7) is 7.11. The van der Waals surface area contributed by atoms with Crippen LogP contribution in [-0.4, -0.2) is 11.6 Å². The largest absolute Gasteiger partial charge is 0.477 e. The molecule has 0 unspecified atom stereocenters. The average molecular weight is 291 g/mol. The van der Waals surface area contributed by atoms with Crippen molar-refractivity contribution < 1.29 is 4.74 Å². The quantitative estimate of drug-likeness (QED) is 0.781. The van der Waals surface area contributed by atoms with Crippen LogP contribution in [-0.2, 0) is 0 Å². The second-order valence-electron chi connectivity index (χ2n) is 4.16. The third kappa shape index (κ3) is 4.45. The number of hydrogen-bond acceptors (Lipinski definition) is 2. The van der Waals surface area contributed by atoms with Crippen LogP contribution in [0.5, 0.6) is 5.88 Å². The monoisotopic (exact) mass is 291 g/mol. The second kappa shape index (κ2) is 4.26. The molecule has 1 aromatic heterocycles. The lowest BCUT2D eigenvalue weighted by molar-refractivity contribution is 0.191. The normalized spacial score (nSPS) is 11.4. The van der Waals surface area contributed by atoms with Gasteiger partial charge in [0.2, 0.25) is 5.88 Å². The van der Waals surface area contributed by atoms with Crippen molar-refractivity contribution >= 4 is 22.6 Å². The van der Waals surface area contributed by atoms with E-state index in [0.29, 0.717) is 12.5 Å². The number of pyridine rings is 1. The van der Waals surface area contributed by atoms with E-state index < -0.39 is 0 Å². The van der Waals surface area contributed by atoms with Gasteiger partial charge in [-0.25, -0.2) is 4.98 Å². The van der Waals surface area contributed by atoms with Gasteiger partial charge in [0.15, 0.2) is 0 Å². The molecule has 0 bridgehead atoms. The number of halogens is 1. The lowest BCUT2D eigenvalue weighted by Crippen LogP contribution is -2.17. The molecular formula is C10H14INO. The summed E-state index contributed by atoms with van der Waals surface area (Å²) in [5, 5.41) is 0. The molecular weight excluding hydrogens is 277 g/mol. The smallest absolute Gasteiger partial charge is 0.214 e. The third-order valence-corrected chi connectivity index (χ3v) is 2.02. The van der Waals surface area contributed by atoms with E-state index in [1.807, 2.05) is 12.1 Å². The summed E-state index contributed by atoms with van der Waals surface area (Å²) in [4.78, 5) is 4.12. The fraction of sp³-hybridized carbons (Fsp3) is 0.500. The Balaban J connectivity index is 2.55. The molecule has 1 heterocycles. The Hall–Kier alpha value is -0.320. The lowest BCUT2D eigenvalue weighted by atomic mass is 9.99. The van der Waals surface area contributed by atoms with E-state index in [9.17, 15) is 0 Å². The van der Waals surface area contributed by atoms with Crippen molar-refractivity contribution in [1.82, 2.24) is 4.98 Å². The van der Waals surface area contributed by atoms with E-state index in [1.54, 1.807) is 6.20 Å². The predicted octanol–water partition coefficient (Wildman–Crippen LogP) is 3.11. The van der Waals surface area contributed by atoms with E-state index >= 15 is 0 Å². The highest BCUT2D eigenvalue weighted by Gasteiger charge is 2.11. The number of hydrogen-bond donors (Lipinski definition) is 0. The second-order valence-corrected chi connectivity index (χ2v) is 5.41. The van der Waals surface area contributed by atoms with E-state index in [1.165, 1.54) is 0 Å². The molecule has 2 nitrogen and oxygen atoms in total. The van der Waals surface area contributed by atoms with Gasteiger partial charge in [0, 0.05) is 15.8 Å². The van der Waals surface area contributed by atoms with Crippen LogP contribution in [0.3, 0.4) is 0 Å². The molecule has 0 aliphatic carbocycles. The first-order valence-corrected chi connectivity index (χ1v) is 5.30. The molecule has 13 heavy (non-hydrogen) atoms. The van der Waals surface area contributed by atoms with Gasteiger partial charge < -0.3 is 4.74 Å². The first-order chi connectivity index (χ1) is 5.97. The standard InChI is InChI=1S/C10H14INO/c1-10(2,3)7-13-9-6-8(11)4-5-12-9/h4-6H,7H2,1-3H3. The molecule has 0 fully saturated rings. The minimum Gasteiger partial charge on any atom is -0.477 e. The molecule has 0 amide bonds. The van der Waals surface area contributed by atoms with Crippen LogP contribution >= 0.6 is 22.6 Å². The molecule has 0 spiro atoms. The minimum absolute atomic E-state index is 0.183. The molecule has 0 aliphatic heterocycles. The van der Waals surface area contributed by atoms with Crippen LogP contribution in [0.4, 0.5) is 0 Å². The minimum atomic E-state index is 0.183. The van der Waals surface area contributed by atoms with Crippen molar-refractivity contribution in [3.63, 3.8) is 0 Å². The van der Waals surface area contributed by atoms with Crippen molar-refractivity contribution in [2.45, 2.75) is 20.8 Å². The van der Waals surface area contributed by atoms with Crippen molar-refractivity contribution in [2.75, 3.05) is 6.61 Å². The molecule has 0 saturated heterocycles. The van der Waals surface area contributed by atoms with Gasteiger partial charge in [-0.05, 0) is 34.1 Å². The van der Waals surface area contributed by atoms with Crippen molar-refractivity contribution in [2.24, 2.45) is 5.41 Å². The van der Waals surface area contributed by atoms with Crippen molar-refractivity contribution in [1.29, 1.82) is 0 Å². The number of aromatic nitrogens is 1. The highest BCUT2D eigenvalue weighted by Crippen LogP contribution is 2.17. The molecule has 0 saturated carbocycles. The summed E-state index contributed by atoms with van der Waals surface area (Å²) < 4.78 is 6.68. The van der Waals surface area contributed by atoms with Gasteiger partial charge >= 0.3 is 0 Å². The van der Waals surface area contributed by atoms with Crippen LogP contribution in [0, 0.1) is 8.99 Å². The van der Waals surface area contributed by atoms with Gasteiger partial charge in [-0.3, -0.25) is 0 Å². The van der Waals surface area contributed by atoms with Crippen LogP contribution in [0.15, 0.2) is 18.3 Å². The molecule has 0 atom stereocenters. The zero-order chi connectivity index (χ0) is 9.90. The van der Waals surface area contributed by atoms with E-state index in [2.05, 4.69) is 48.3 Å². The Morgan fingerprint density at radius 2 is 2.15 bits per heavy atom. The summed E-state index contributed by atoms with van der Waals surface area (Å²) in [7, 11) is 0. The molecule has 3 heteroatoms. The topological polar surface area (TPSA) is 22.1 Å². The SMILES string of the molecule is CC(C)(C)COc1cc(I)ccn1. The van der Waals surface area contributed by atoms with E-state index in [-0.39, 0.29) is 5.41 Å². The highest BCUT2D eigenvalue weighted by atomic mass is 127. The van der Waals surface area contributed by atoms with Gasteiger partial charge in [0.05, 0.1) is 6.61 Å². The Kier molecular flexibility index (Phi) is 3.53. The van der Waals surface area contributed by atoms with Crippen molar-refractivity contribution in [3.8, 4) is 5.88 Å². The maximum absolute atomic E-state index is 5.54. The van der Waals surface area contributed by atoms with Crippen LogP contribution < -0.4 is 4.74 Å². The molecule has 0 aliphatic rings. The summed E-state index contributed by atoms with van der Waals surface area (Å²) in [5.41, 5.74) is 0.183. The lowest BCUT2D eigenvalue weighted by Gasteiger charge is -2.18. The maximum atomic E-state index is 5.54. The Morgan fingerprint density at radius 3 is 2.69 bits per heavy atom. The molecule has 0 N–H and O–H groups in total. The average Bonchev–Trinajstić information content (AvgIpc) is 2.00. The summed E-state index contributed by atoms with van der Waals surface area (Å²) >= 11 is 2.25. The van der Waals surface area contributed by atoms with Gasteiger partial charge in [0.25, 0.3) is 0 Å². The molecule has 0 aromatic carbocycles. The third-order valence-electron chi connectivity index (χ3n) is 1.35. The van der Waals surface area contributed by atoms with Crippen LogP contribution in [0.1, 0.15) is 20.8 Å². The van der Waals surface area contributed by atoms with Gasteiger partial charge in [0.1, 0.15) is 0 Å². The van der Waals surface area contributed by atoms with Gasteiger partial charge in [-0.1, -0.05) is 20.8 Å². The summed E-state index contributed by atoms with van der Waals surface area (Å²) in [6.07, 6.45) is 1.76.